The van der Waals surface area contributed by atoms with Gasteiger partial charge in [0.25, 0.3) is 0 Å². The van der Waals surface area contributed by atoms with Crippen molar-refractivity contribution >= 4 is 33.4 Å². The molecular weight excluding hydrogens is 416 g/mol. The Balaban J connectivity index is 1.41. The van der Waals surface area contributed by atoms with Gasteiger partial charge in [0, 0.05) is 33.9 Å². The van der Waals surface area contributed by atoms with E-state index < -0.39 is 0 Å². The SMILES string of the molecule is Cc1sc(CNCC2CN(C(=O)OCc3ccccc3)CCO2)cc1Br. The third kappa shape index (κ3) is 5.54. The fraction of sp³-hybridized carbons (Fsp3) is 0.421. The third-order valence-electron chi connectivity index (χ3n) is 4.18. The molecule has 1 unspecified atom stereocenters. The van der Waals surface area contributed by atoms with Crippen LogP contribution < -0.4 is 5.32 Å². The van der Waals surface area contributed by atoms with Crippen LogP contribution in [0, 0.1) is 6.92 Å². The van der Waals surface area contributed by atoms with Crippen LogP contribution in [0.5, 0.6) is 0 Å². The van der Waals surface area contributed by atoms with Crippen molar-refractivity contribution in [2.45, 2.75) is 26.2 Å². The van der Waals surface area contributed by atoms with E-state index in [9.17, 15) is 4.79 Å². The molecule has 1 aliphatic rings. The van der Waals surface area contributed by atoms with Crippen LogP contribution in [0.1, 0.15) is 15.3 Å². The molecule has 1 aromatic carbocycles. The summed E-state index contributed by atoms with van der Waals surface area (Å²) in [7, 11) is 0. The minimum atomic E-state index is -0.278. The first kappa shape index (κ1) is 19.4. The van der Waals surface area contributed by atoms with Gasteiger partial charge in [0.1, 0.15) is 6.61 Å². The Hall–Kier alpha value is -1.41. The lowest BCUT2D eigenvalue weighted by Gasteiger charge is -2.32. The lowest BCUT2D eigenvalue weighted by atomic mass is 10.2. The zero-order valence-corrected chi connectivity index (χ0v) is 17.1. The van der Waals surface area contributed by atoms with Gasteiger partial charge < -0.3 is 19.7 Å². The molecule has 26 heavy (non-hydrogen) atoms. The molecule has 2 heterocycles. The van der Waals surface area contributed by atoms with E-state index in [-0.39, 0.29) is 12.2 Å². The highest BCUT2D eigenvalue weighted by atomic mass is 79.9. The van der Waals surface area contributed by atoms with Crippen molar-refractivity contribution in [2.24, 2.45) is 0 Å². The van der Waals surface area contributed by atoms with E-state index >= 15 is 0 Å². The summed E-state index contributed by atoms with van der Waals surface area (Å²) in [6.45, 7) is 5.56. The van der Waals surface area contributed by atoms with Crippen molar-refractivity contribution in [3.63, 3.8) is 0 Å². The predicted molar refractivity (Wildman–Crippen MR) is 106 cm³/mol. The van der Waals surface area contributed by atoms with E-state index in [4.69, 9.17) is 9.47 Å². The van der Waals surface area contributed by atoms with Gasteiger partial charge in [0.15, 0.2) is 0 Å². The Kier molecular flexibility index (Phi) is 7.07. The van der Waals surface area contributed by atoms with Crippen LogP contribution in [0.2, 0.25) is 0 Å². The molecule has 1 amide bonds. The van der Waals surface area contributed by atoms with Crippen molar-refractivity contribution in [1.29, 1.82) is 0 Å². The minimum Gasteiger partial charge on any atom is -0.445 e. The third-order valence-corrected chi connectivity index (χ3v) is 6.32. The Morgan fingerprint density at radius 1 is 1.42 bits per heavy atom. The zero-order valence-electron chi connectivity index (χ0n) is 14.7. The van der Waals surface area contributed by atoms with Gasteiger partial charge >= 0.3 is 6.09 Å². The largest absolute Gasteiger partial charge is 0.445 e. The quantitative estimate of drug-likeness (QED) is 0.741. The number of nitrogens with one attached hydrogen (secondary N) is 1. The Morgan fingerprint density at radius 2 is 2.23 bits per heavy atom. The average Bonchev–Trinajstić information content (AvgIpc) is 2.98. The van der Waals surface area contributed by atoms with Crippen LogP contribution in [0.25, 0.3) is 0 Å². The van der Waals surface area contributed by atoms with Gasteiger partial charge in [0.2, 0.25) is 0 Å². The number of carbonyl (C=O) groups excluding carboxylic acids is 1. The molecule has 0 bridgehead atoms. The molecular formula is C19H23BrN2O3S. The van der Waals surface area contributed by atoms with E-state index in [0.717, 1.165) is 16.6 Å². The predicted octanol–water partition coefficient (Wildman–Crippen LogP) is 3.95. The number of amides is 1. The standard InChI is InChI=1S/C19H23BrN2O3S/c1-14-18(20)9-17(26-14)11-21-10-16-12-22(7-8-24-16)19(23)25-13-15-5-3-2-4-6-15/h2-6,9,16,21H,7-8,10-13H2,1H3. The first-order valence-electron chi connectivity index (χ1n) is 8.64. The number of carbonyl (C=O) groups is 1. The Labute approximate surface area is 166 Å². The molecule has 1 saturated heterocycles. The molecule has 1 atom stereocenters. The monoisotopic (exact) mass is 438 g/mol. The molecule has 0 saturated carbocycles. The maximum atomic E-state index is 12.3. The van der Waals surface area contributed by atoms with Gasteiger partial charge in [-0.1, -0.05) is 30.3 Å². The Bertz CT molecular complexity index is 703. The lowest BCUT2D eigenvalue weighted by Crippen LogP contribution is -2.49. The molecule has 0 radical (unpaired) electrons. The summed E-state index contributed by atoms with van der Waals surface area (Å²) >= 11 is 5.32. The summed E-state index contributed by atoms with van der Waals surface area (Å²) in [6, 6.07) is 11.9. The number of nitrogens with zero attached hydrogens (tertiary/aromatic N) is 1. The fourth-order valence-corrected chi connectivity index (χ4v) is 4.35. The number of morpholine rings is 1. The highest BCUT2D eigenvalue weighted by molar-refractivity contribution is 9.10. The second-order valence-electron chi connectivity index (χ2n) is 6.23. The van der Waals surface area contributed by atoms with Crippen molar-refractivity contribution in [3.05, 3.63) is 56.2 Å². The summed E-state index contributed by atoms with van der Waals surface area (Å²) in [5.41, 5.74) is 0.990. The molecule has 0 spiro atoms. The number of ether oxygens (including phenoxy) is 2. The highest BCUT2D eigenvalue weighted by Crippen LogP contribution is 2.26. The normalized spacial score (nSPS) is 17.3. The summed E-state index contributed by atoms with van der Waals surface area (Å²) in [5.74, 6) is 0. The van der Waals surface area contributed by atoms with Gasteiger partial charge in [0.05, 0.1) is 19.3 Å². The Morgan fingerprint density at radius 3 is 2.96 bits per heavy atom. The van der Waals surface area contributed by atoms with Crippen LogP contribution in [0.4, 0.5) is 4.79 Å². The first-order valence-corrected chi connectivity index (χ1v) is 10.3. The molecule has 1 aliphatic heterocycles. The second kappa shape index (κ2) is 9.50. The van der Waals surface area contributed by atoms with Crippen LogP contribution in [0.15, 0.2) is 40.9 Å². The number of aryl methyl sites for hydroxylation is 1. The second-order valence-corrected chi connectivity index (χ2v) is 8.42. The molecule has 1 N–H and O–H groups in total. The van der Waals surface area contributed by atoms with Crippen molar-refractivity contribution in [3.8, 4) is 0 Å². The molecule has 3 rings (SSSR count). The summed E-state index contributed by atoms with van der Waals surface area (Å²) in [4.78, 5) is 16.6. The zero-order chi connectivity index (χ0) is 18.4. The smallest absolute Gasteiger partial charge is 0.410 e. The summed E-state index contributed by atoms with van der Waals surface area (Å²) in [5, 5.41) is 3.42. The van der Waals surface area contributed by atoms with E-state index in [0.29, 0.717) is 32.8 Å². The van der Waals surface area contributed by atoms with Gasteiger partial charge in [-0.3, -0.25) is 0 Å². The topological polar surface area (TPSA) is 50.8 Å². The number of hydrogen-bond acceptors (Lipinski definition) is 5. The van der Waals surface area contributed by atoms with Gasteiger partial charge in [-0.05, 0) is 34.5 Å². The van der Waals surface area contributed by atoms with E-state index in [1.807, 2.05) is 30.3 Å². The molecule has 1 aromatic heterocycles. The van der Waals surface area contributed by atoms with Crippen molar-refractivity contribution in [2.75, 3.05) is 26.2 Å². The highest BCUT2D eigenvalue weighted by Gasteiger charge is 2.25. The molecule has 1 fully saturated rings. The maximum absolute atomic E-state index is 12.3. The van der Waals surface area contributed by atoms with E-state index in [1.165, 1.54) is 9.75 Å². The van der Waals surface area contributed by atoms with E-state index in [2.05, 4.69) is 34.2 Å². The molecule has 2 aromatic rings. The van der Waals surface area contributed by atoms with E-state index in [1.54, 1.807) is 16.2 Å². The number of rotatable bonds is 6. The number of benzene rings is 1. The minimum absolute atomic E-state index is 0.0162. The van der Waals surface area contributed by atoms with Gasteiger partial charge in [-0.25, -0.2) is 4.79 Å². The van der Waals surface area contributed by atoms with Gasteiger partial charge in [-0.15, -0.1) is 11.3 Å². The first-order chi connectivity index (χ1) is 12.6. The van der Waals surface area contributed by atoms with Crippen molar-refractivity contribution in [1.82, 2.24) is 10.2 Å². The van der Waals surface area contributed by atoms with Crippen molar-refractivity contribution < 1.29 is 14.3 Å². The lowest BCUT2D eigenvalue weighted by molar-refractivity contribution is -0.0271. The van der Waals surface area contributed by atoms with Crippen LogP contribution in [-0.4, -0.2) is 43.3 Å². The fourth-order valence-electron chi connectivity index (χ4n) is 2.78. The maximum Gasteiger partial charge on any atom is 0.410 e. The molecule has 7 heteroatoms. The summed E-state index contributed by atoms with van der Waals surface area (Å²) < 4.78 is 12.3. The van der Waals surface area contributed by atoms with Crippen LogP contribution in [0.3, 0.4) is 0 Å². The molecule has 140 valence electrons. The van der Waals surface area contributed by atoms with Gasteiger partial charge in [-0.2, -0.15) is 0 Å². The molecule has 0 aliphatic carbocycles. The summed E-state index contributed by atoms with van der Waals surface area (Å²) in [6.07, 6.45) is -0.294. The number of hydrogen-bond donors (Lipinski definition) is 1. The average molecular weight is 439 g/mol. The number of thiophene rings is 1. The van der Waals surface area contributed by atoms with Crippen LogP contribution >= 0.6 is 27.3 Å². The van der Waals surface area contributed by atoms with Crippen LogP contribution in [-0.2, 0) is 22.6 Å². The number of halogens is 1. The molecule has 5 nitrogen and oxygen atoms in total.